The Morgan fingerprint density at radius 3 is 3.04 bits per heavy atom. The first-order valence-corrected chi connectivity index (χ1v) is 8.40. The van der Waals surface area contributed by atoms with Gasteiger partial charge in [-0.2, -0.15) is 10.4 Å². The average Bonchev–Trinajstić information content (AvgIpc) is 3.26. The van der Waals surface area contributed by atoms with Crippen LogP contribution in [0.25, 0.3) is 0 Å². The van der Waals surface area contributed by atoms with Crippen LogP contribution in [0.15, 0.2) is 12.7 Å². The van der Waals surface area contributed by atoms with Gasteiger partial charge >= 0.3 is 0 Å². The van der Waals surface area contributed by atoms with Crippen LogP contribution in [-0.2, 0) is 11.3 Å². The van der Waals surface area contributed by atoms with Gasteiger partial charge in [0.05, 0.1) is 12.6 Å². The number of hydrogen-bond acceptors (Lipinski definition) is 5. The number of rotatable bonds is 5. The molecule has 0 bridgehead atoms. The lowest BCUT2D eigenvalue weighted by molar-refractivity contribution is -0.130. The van der Waals surface area contributed by atoms with Crippen molar-refractivity contribution in [1.29, 1.82) is 5.26 Å². The molecule has 4 atom stereocenters. The van der Waals surface area contributed by atoms with Crippen LogP contribution in [0.4, 0.5) is 0 Å². The third kappa shape index (κ3) is 3.88. The predicted octanol–water partition coefficient (Wildman–Crippen LogP) is 0.797. The maximum atomic E-state index is 12.3. The normalized spacial score (nSPS) is 30.5. The molecule has 1 aromatic heterocycles. The van der Waals surface area contributed by atoms with E-state index in [1.165, 1.54) is 0 Å². The lowest BCUT2D eigenvalue weighted by atomic mass is 10.1. The predicted molar refractivity (Wildman–Crippen MR) is 84.0 cm³/mol. The van der Waals surface area contributed by atoms with Crippen molar-refractivity contribution in [3.8, 4) is 6.07 Å². The third-order valence-electron chi connectivity index (χ3n) is 4.97. The van der Waals surface area contributed by atoms with E-state index >= 15 is 0 Å². The van der Waals surface area contributed by atoms with Gasteiger partial charge in [-0.3, -0.25) is 9.48 Å². The van der Waals surface area contributed by atoms with Crippen molar-refractivity contribution in [3.63, 3.8) is 0 Å². The van der Waals surface area contributed by atoms with Crippen LogP contribution in [0, 0.1) is 23.2 Å². The van der Waals surface area contributed by atoms with Gasteiger partial charge in [0.25, 0.3) is 0 Å². The highest BCUT2D eigenvalue weighted by Crippen LogP contribution is 2.27. The van der Waals surface area contributed by atoms with Crippen LogP contribution in [0.1, 0.15) is 32.6 Å². The average molecular weight is 316 g/mol. The first-order chi connectivity index (χ1) is 11.2. The molecule has 0 spiro atoms. The summed E-state index contributed by atoms with van der Waals surface area (Å²) in [7, 11) is 0. The standard InChI is InChI=1S/C16H24N6O/c1-12-4-15(6-17)22(8-12)16(23)7-19-14-3-2-13(5-14)9-21-11-18-10-20-21/h10-15,19H,2-5,7-9H2,1H3/t12-,13-,14+,15-/m0/s1. The van der Waals surface area contributed by atoms with E-state index in [-0.39, 0.29) is 11.9 Å². The molecular formula is C16H24N6O. The summed E-state index contributed by atoms with van der Waals surface area (Å²) in [5.41, 5.74) is 0. The molecule has 2 aliphatic rings. The van der Waals surface area contributed by atoms with E-state index in [1.807, 2.05) is 4.68 Å². The summed E-state index contributed by atoms with van der Waals surface area (Å²) in [5.74, 6) is 1.06. The zero-order valence-electron chi connectivity index (χ0n) is 13.6. The summed E-state index contributed by atoms with van der Waals surface area (Å²) >= 11 is 0. The fourth-order valence-corrected chi connectivity index (χ4v) is 3.79. The Morgan fingerprint density at radius 2 is 2.30 bits per heavy atom. The smallest absolute Gasteiger partial charge is 0.237 e. The summed E-state index contributed by atoms with van der Waals surface area (Å²) in [6.07, 6.45) is 7.40. The van der Waals surface area contributed by atoms with Crippen LogP contribution >= 0.6 is 0 Å². The van der Waals surface area contributed by atoms with Crippen molar-refractivity contribution in [2.45, 2.75) is 51.2 Å². The Bertz CT molecular complexity index is 566. The third-order valence-corrected chi connectivity index (χ3v) is 4.97. The van der Waals surface area contributed by atoms with Gasteiger partial charge in [0.2, 0.25) is 5.91 Å². The molecule has 0 aromatic carbocycles. The number of nitrogens with zero attached hydrogens (tertiary/aromatic N) is 5. The van der Waals surface area contributed by atoms with Crippen LogP contribution < -0.4 is 5.32 Å². The first kappa shape index (κ1) is 15.9. The molecule has 124 valence electrons. The lowest BCUT2D eigenvalue weighted by Gasteiger charge is -2.21. The molecule has 1 saturated heterocycles. The highest BCUT2D eigenvalue weighted by molar-refractivity contribution is 5.79. The molecule has 2 heterocycles. The molecule has 1 aliphatic carbocycles. The minimum absolute atomic E-state index is 0.0561. The fraction of sp³-hybridized carbons (Fsp3) is 0.750. The van der Waals surface area contributed by atoms with Gasteiger partial charge in [0.15, 0.2) is 0 Å². The summed E-state index contributed by atoms with van der Waals surface area (Å²) in [6.45, 7) is 4.03. The van der Waals surface area contributed by atoms with E-state index in [9.17, 15) is 4.79 Å². The van der Waals surface area contributed by atoms with Gasteiger partial charge < -0.3 is 10.2 Å². The molecule has 0 radical (unpaired) electrons. The molecule has 3 rings (SSSR count). The number of nitriles is 1. The number of carbonyl (C=O) groups excluding carboxylic acids is 1. The van der Waals surface area contributed by atoms with Crippen LogP contribution in [0.5, 0.6) is 0 Å². The second-order valence-corrected chi connectivity index (χ2v) is 6.91. The van der Waals surface area contributed by atoms with Gasteiger partial charge in [-0.05, 0) is 37.5 Å². The van der Waals surface area contributed by atoms with Crippen molar-refractivity contribution in [1.82, 2.24) is 25.0 Å². The van der Waals surface area contributed by atoms with E-state index in [1.54, 1.807) is 17.6 Å². The number of nitrogens with one attached hydrogen (secondary N) is 1. The maximum Gasteiger partial charge on any atom is 0.237 e. The fourth-order valence-electron chi connectivity index (χ4n) is 3.79. The van der Waals surface area contributed by atoms with Crippen molar-refractivity contribution in [2.24, 2.45) is 11.8 Å². The quantitative estimate of drug-likeness (QED) is 0.868. The minimum atomic E-state index is -0.247. The second-order valence-electron chi connectivity index (χ2n) is 6.91. The van der Waals surface area contributed by atoms with Gasteiger partial charge in [-0.15, -0.1) is 0 Å². The second kappa shape index (κ2) is 7.09. The Hall–Kier alpha value is -1.94. The van der Waals surface area contributed by atoms with Crippen LogP contribution in [-0.4, -0.2) is 50.7 Å². The molecule has 7 nitrogen and oxygen atoms in total. The summed E-state index contributed by atoms with van der Waals surface area (Å²) in [6, 6.07) is 2.38. The molecule has 2 fully saturated rings. The number of carbonyl (C=O) groups is 1. The Morgan fingerprint density at radius 1 is 1.43 bits per heavy atom. The summed E-state index contributed by atoms with van der Waals surface area (Å²) in [4.78, 5) is 18.0. The summed E-state index contributed by atoms with van der Waals surface area (Å²) < 4.78 is 1.88. The lowest BCUT2D eigenvalue weighted by Crippen LogP contribution is -2.43. The maximum absolute atomic E-state index is 12.3. The van der Waals surface area contributed by atoms with Gasteiger partial charge in [0.1, 0.15) is 18.7 Å². The van der Waals surface area contributed by atoms with Crippen molar-refractivity contribution < 1.29 is 4.79 Å². The Balaban J connectivity index is 1.42. The number of likely N-dealkylation sites (tertiary alicyclic amines) is 1. The number of aromatic nitrogens is 3. The molecule has 23 heavy (non-hydrogen) atoms. The topological polar surface area (TPSA) is 86.8 Å². The molecule has 7 heteroatoms. The molecule has 1 saturated carbocycles. The van der Waals surface area contributed by atoms with E-state index < -0.39 is 0 Å². The zero-order chi connectivity index (χ0) is 16.2. The Kier molecular flexibility index (Phi) is 4.91. The monoisotopic (exact) mass is 316 g/mol. The van der Waals surface area contributed by atoms with Crippen LogP contribution in [0.2, 0.25) is 0 Å². The van der Waals surface area contributed by atoms with Gasteiger partial charge in [-0.25, -0.2) is 4.98 Å². The first-order valence-electron chi connectivity index (χ1n) is 8.40. The molecule has 1 aliphatic heterocycles. The Labute approximate surface area is 136 Å². The van der Waals surface area contributed by atoms with Crippen LogP contribution in [0.3, 0.4) is 0 Å². The van der Waals surface area contributed by atoms with Crippen molar-refractivity contribution in [2.75, 3.05) is 13.1 Å². The van der Waals surface area contributed by atoms with E-state index in [0.29, 0.717) is 31.0 Å². The largest absolute Gasteiger partial charge is 0.325 e. The molecule has 1 N–H and O–H groups in total. The van der Waals surface area contributed by atoms with Gasteiger partial charge in [0, 0.05) is 19.1 Å². The number of hydrogen-bond donors (Lipinski definition) is 1. The highest BCUT2D eigenvalue weighted by Gasteiger charge is 2.33. The van der Waals surface area contributed by atoms with Crippen molar-refractivity contribution >= 4 is 5.91 Å². The zero-order valence-corrected chi connectivity index (χ0v) is 13.6. The molecule has 0 unspecified atom stereocenters. The SMILES string of the molecule is C[C@H]1C[C@@H](C#N)N(C(=O)CN[C@@H]2CC[C@H](Cn3cncn3)C2)C1. The molecular weight excluding hydrogens is 292 g/mol. The molecule has 1 aromatic rings. The number of amides is 1. The van der Waals surface area contributed by atoms with Gasteiger partial charge in [-0.1, -0.05) is 6.92 Å². The summed E-state index contributed by atoms with van der Waals surface area (Å²) in [5, 5.41) is 16.7. The highest BCUT2D eigenvalue weighted by atomic mass is 16.2. The minimum Gasteiger partial charge on any atom is -0.325 e. The van der Waals surface area contributed by atoms with E-state index in [4.69, 9.17) is 5.26 Å². The van der Waals surface area contributed by atoms with Crippen molar-refractivity contribution in [3.05, 3.63) is 12.7 Å². The van der Waals surface area contributed by atoms with E-state index in [2.05, 4.69) is 28.4 Å². The van der Waals surface area contributed by atoms with E-state index in [0.717, 1.165) is 32.2 Å². The molecule has 1 amide bonds.